The molecule has 0 bridgehead atoms. The van der Waals surface area contributed by atoms with Gasteiger partial charge in [0.25, 0.3) is 0 Å². The third kappa shape index (κ3) is 5.58. The van der Waals surface area contributed by atoms with Crippen molar-refractivity contribution in [2.24, 2.45) is 11.5 Å². The number of aliphatic hydroxyl groups is 1. The van der Waals surface area contributed by atoms with Gasteiger partial charge in [-0.3, -0.25) is 0 Å². The van der Waals surface area contributed by atoms with E-state index >= 15 is 0 Å². The van der Waals surface area contributed by atoms with E-state index < -0.39 is 5.72 Å². The zero-order valence-corrected chi connectivity index (χ0v) is 9.63. The van der Waals surface area contributed by atoms with Crippen molar-refractivity contribution < 1.29 is 5.11 Å². The molecule has 2 unspecified atom stereocenters. The lowest BCUT2D eigenvalue weighted by molar-refractivity contribution is 0.00662. The van der Waals surface area contributed by atoms with Crippen LogP contribution in [0.5, 0.6) is 0 Å². The summed E-state index contributed by atoms with van der Waals surface area (Å²) in [5.74, 6) is 0. The van der Waals surface area contributed by atoms with E-state index in [9.17, 15) is 5.11 Å². The highest BCUT2D eigenvalue weighted by molar-refractivity contribution is 4.83. The van der Waals surface area contributed by atoms with Crippen molar-refractivity contribution in [1.82, 2.24) is 0 Å². The first kappa shape index (κ1) is 13.9. The van der Waals surface area contributed by atoms with Gasteiger partial charge in [0.15, 0.2) is 0 Å². The zero-order chi connectivity index (χ0) is 11.0. The molecule has 0 spiro atoms. The van der Waals surface area contributed by atoms with Crippen LogP contribution in [0.25, 0.3) is 0 Å². The Bertz CT molecular complexity index is 137. The monoisotopic (exact) mass is 202 g/mol. The normalized spacial score (nSPS) is 17.8. The Morgan fingerprint density at radius 1 is 1.14 bits per heavy atom. The van der Waals surface area contributed by atoms with Crippen molar-refractivity contribution in [2.45, 2.75) is 70.6 Å². The minimum atomic E-state index is -1.16. The van der Waals surface area contributed by atoms with Gasteiger partial charge >= 0.3 is 0 Å². The van der Waals surface area contributed by atoms with E-state index in [0.29, 0.717) is 6.42 Å². The standard InChI is InChI=1S/C11H26N2O/c1-3-5-7-8-10(12)11(13,14)9-6-4-2/h10,14H,3-9,12-13H2,1-2H3. The summed E-state index contributed by atoms with van der Waals surface area (Å²) in [7, 11) is 0. The Morgan fingerprint density at radius 3 is 2.21 bits per heavy atom. The van der Waals surface area contributed by atoms with E-state index in [2.05, 4.69) is 13.8 Å². The minimum Gasteiger partial charge on any atom is -0.374 e. The quantitative estimate of drug-likeness (QED) is 0.414. The van der Waals surface area contributed by atoms with E-state index in [1.165, 1.54) is 6.42 Å². The second-order valence-electron chi connectivity index (χ2n) is 4.20. The molecular formula is C11H26N2O. The molecular weight excluding hydrogens is 176 g/mol. The summed E-state index contributed by atoms with van der Waals surface area (Å²) in [4.78, 5) is 0. The van der Waals surface area contributed by atoms with Gasteiger partial charge in [0.05, 0.1) is 0 Å². The van der Waals surface area contributed by atoms with Crippen LogP contribution in [-0.4, -0.2) is 16.9 Å². The Labute approximate surface area is 87.9 Å². The summed E-state index contributed by atoms with van der Waals surface area (Å²) in [5, 5.41) is 9.87. The number of nitrogens with two attached hydrogens (primary N) is 2. The average molecular weight is 202 g/mol. The zero-order valence-electron chi connectivity index (χ0n) is 9.63. The summed E-state index contributed by atoms with van der Waals surface area (Å²) in [6, 6.07) is -0.277. The van der Waals surface area contributed by atoms with Crippen molar-refractivity contribution >= 4 is 0 Å². The van der Waals surface area contributed by atoms with Crippen molar-refractivity contribution in [2.75, 3.05) is 0 Å². The Hall–Kier alpha value is -0.120. The maximum Gasteiger partial charge on any atom is 0.128 e. The molecule has 0 aliphatic rings. The molecule has 0 saturated heterocycles. The Morgan fingerprint density at radius 2 is 1.71 bits per heavy atom. The van der Waals surface area contributed by atoms with Crippen LogP contribution in [0, 0.1) is 0 Å². The highest BCUT2D eigenvalue weighted by Gasteiger charge is 2.28. The van der Waals surface area contributed by atoms with Crippen LogP contribution in [0.1, 0.15) is 58.8 Å². The lowest BCUT2D eigenvalue weighted by atomic mass is 9.94. The van der Waals surface area contributed by atoms with Gasteiger partial charge in [0, 0.05) is 6.04 Å². The molecule has 0 heterocycles. The first-order valence-corrected chi connectivity index (χ1v) is 5.81. The molecule has 0 amide bonds. The van der Waals surface area contributed by atoms with Gasteiger partial charge < -0.3 is 16.6 Å². The van der Waals surface area contributed by atoms with Crippen LogP contribution >= 0.6 is 0 Å². The molecule has 0 aliphatic heterocycles. The van der Waals surface area contributed by atoms with Gasteiger partial charge in [0.1, 0.15) is 5.72 Å². The number of hydrogen-bond donors (Lipinski definition) is 3. The molecule has 0 aromatic rings. The molecule has 86 valence electrons. The van der Waals surface area contributed by atoms with Gasteiger partial charge in [-0.15, -0.1) is 0 Å². The average Bonchev–Trinajstić information content (AvgIpc) is 2.15. The maximum atomic E-state index is 9.87. The van der Waals surface area contributed by atoms with Crippen molar-refractivity contribution in [3.05, 3.63) is 0 Å². The van der Waals surface area contributed by atoms with Crippen LogP contribution in [0.3, 0.4) is 0 Å². The highest BCUT2D eigenvalue weighted by Crippen LogP contribution is 2.15. The fourth-order valence-corrected chi connectivity index (χ4v) is 1.51. The number of unbranched alkanes of at least 4 members (excludes halogenated alkanes) is 3. The second-order valence-corrected chi connectivity index (χ2v) is 4.20. The molecule has 0 saturated carbocycles. The van der Waals surface area contributed by atoms with E-state index in [-0.39, 0.29) is 6.04 Å². The molecule has 3 nitrogen and oxygen atoms in total. The van der Waals surface area contributed by atoms with E-state index in [1.807, 2.05) is 0 Å². The summed E-state index contributed by atoms with van der Waals surface area (Å²) < 4.78 is 0. The molecule has 0 aromatic heterocycles. The van der Waals surface area contributed by atoms with Crippen LogP contribution in [-0.2, 0) is 0 Å². The van der Waals surface area contributed by atoms with Crippen LogP contribution < -0.4 is 11.5 Å². The summed E-state index contributed by atoms with van der Waals surface area (Å²) >= 11 is 0. The lowest BCUT2D eigenvalue weighted by Gasteiger charge is -2.29. The highest BCUT2D eigenvalue weighted by atomic mass is 16.3. The predicted octanol–water partition coefficient (Wildman–Crippen LogP) is 1.73. The van der Waals surface area contributed by atoms with Crippen LogP contribution in [0.15, 0.2) is 0 Å². The fraction of sp³-hybridized carbons (Fsp3) is 1.00. The summed E-state index contributed by atoms with van der Waals surface area (Å²) in [6.07, 6.45) is 6.81. The summed E-state index contributed by atoms with van der Waals surface area (Å²) in [6.45, 7) is 4.23. The largest absolute Gasteiger partial charge is 0.374 e. The van der Waals surface area contributed by atoms with E-state index in [1.54, 1.807) is 0 Å². The first-order valence-electron chi connectivity index (χ1n) is 5.81. The van der Waals surface area contributed by atoms with Crippen molar-refractivity contribution in [1.29, 1.82) is 0 Å². The molecule has 3 heteroatoms. The van der Waals surface area contributed by atoms with Gasteiger partial charge in [-0.1, -0.05) is 39.5 Å². The molecule has 0 rings (SSSR count). The Balaban J connectivity index is 3.75. The fourth-order valence-electron chi connectivity index (χ4n) is 1.51. The predicted molar refractivity (Wildman–Crippen MR) is 60.8 cm³/mol. The smallest absolute Gasteiger partial charge is 0.128 e. The molecule has 0 fully saturated rings. The molecule has 14 heavy (non-hydrogen) atoms. The summed E-state index contributed by atoms with van der Waals surface area (Å²) in [5.41, 5.74) is 10.5. The molecule has 0 aromatic carbocycles. The lowest BCUT2D eigenvalue weighted by Crippen LogP contribution is -2.55. The van der Waals surface area contributed by atoms with E-state index in [4.69, 9.17) is 11.5 Å². The molecule has 2 atom stereocenters. The van der Waals surface area contributed by atoms with Crippen molar-refractivity contribution in [3.63, 3.8) is 0 Å². The molecule has 0 radical (unpaired) electrons. The third-order valence-corrected chi connectivity index (χ3v) is 2.69. The maximum absolute atomic E-state index is 9.87. The molecule has 0 aliphatic carbocycles. The third-order valence-electron chi connectivity index (χ3n) is 2.69. The van der Waals surface area contributed by atoms with Gasteiger partial charge in [0.2, 0.25) is 0 Å². The van der Waals surface area contributed by atoms with Crippen LogP contribution in [0.4, 0.5) is 0 Å². The van der Waals surface area contributed by atoms with Crippen molar-refractivity contribution in [3.8, 4) is 0 Å². The first-order chi connectivity index (χ1) is 6.54. The topological polar surface area (TPSA) is 72.3 Å². The number of hydrogen-bond acceptors (Lipinski definition) is 3. The van der Waals surface area contributed by atoms with Crippen LogP contribution in [0.2, 0.25) is 0 Å². The second kappa shape index (κ2) is 7.21. The molecule has 5 N–H and O–H groups in total. The Kier molecular flexibility index (Phi) is 7.15. The van der Waals surface area contributed by atoms with E-state index in [0.717, 1.165) is 32.1 Å². The minimum absolute atomic E-state index is 0.277. The van der Waals surface area contributed by atoms with Gasteiger partial charge in [-0.25, -0.2) is 0 Å². The SMILES string of the molecule is CCCCCC(N)C(N)(O)CCCC. The van der Waals surface area contributed by atoms with Gasteiger partial charge in [-0.05, 0) is 19.3 Å². The van der Waals surface area contributed by atoms with Gasteiger partial charge in [-0.2, -0.15) is 0 Å². The number of rotatable bonds is 8.